The van der Waals surface area contributed by atoms with Crippen LogP contribution in [0.3, 0.4) is 0 Å². The van der Waals surface area contributed by atoms with Crippen LogP contribution < -0.4 is 0 Å². The lowest BCUT2D eigenvalue weighted by molar-refractivity contribution is -0.135. The van der Waals surface area contributed by atoms with Crippen LogP contribution in [-0.4, -0.2) is 62.7 Å². The van der Waals surface area contributed by atoms with Gasteiger partial charge >= 0.3 is 0 Å². The molecular formula is C17H28N4OS. The molecule has 23 heavy (non-hydrogen) atoms. The molecular weight excluding hydrogens is 308 g/mol. The molecule has 0 aromatic carbocycles. The molecule has 1 atom stereocenters. The van der Waals surface area contributed by atoms with Gasteiger partial charge in [-0.25, -0.2) is 0 Å². The minimum absolute atomic E-state index is 0.0712. The molecule has 2 saturated heterocycles. The molecule has 0 saturated carbocycles. The Morgan fingerprint density at radius 1 is 1.26 bits per heavy atom. The molecule has 3 heterocycles. The summed E-state index contributed by atoms with van der Waals surface area (Å²) in [4.78, 5) is 17.3. The monoisotopic (exact) mass is 336 g/mol. The van der Waals surface area contributed by atoms with Crippen LogP contribution in [0.25, 0.3) is 0 Å². The molecule has 0 aliphatic carbocycles. The van der Waals surface area contributed by atoms with Gasteiger partial charge in [0.25, 0.3) is 0 Å². The molecule has 1 aromatic heterocycles. The van der Waals surface area contributed by atoms with E-state index in [0.717, 1.165) is 62.8 Å². The first-order valence-electron chi connectivity index (χ1n) is 8.75. The maximum atomic E-state index is 12.9. The van der Waals surface area contributed by atoms with Crippen molar-refractivity contribution in [2.75, 3.05) is 31.1 Å². The summed E-state index contributed by atoms with van der Waals surface area (Å²) in [6.07, 6.45) is 2.13. The highest BCUT2D eigenvalue weighted by Crippen LogP contribution is 2.25. The Kier molecular flexibility index (Phi) is 5.31. The number of aromatic nitrogens is 2. The lowest BCUT2D eigenvalue weighted by Crippen LogP contribution is -2.48. The fourth-order valence-corrected chi connectivity index (χ4v) is 4.67. The van der Waals surface area contributed by atoms with Gasteiger partial charge < -0.3 is 4.90 Å². The van der Waals surface area contributed by atoms with E-state index in [-0.39, 0.29) is 6.04 Å². The third-order valence-electron chi connectivity index (χ3n) is 5.16. The van der Waals surface area contributed by atoms with Gasteiger partial charge in [0.05, 0.1) is 11.7 Å². The van der Waals surface area contributed by atoms with Gasteiger partial charge in [-0.1, -0.05) is 0 Å². The van der Waals surface area contributed by atoms with Crippen LogP contribution in [0.5, 0.6) is 0 Å². The number of hydrogen-bond donors (Lipinski definition) is 0. The van der Waals surface area contributed by atoms with E-state index < -0.39 is 0 Å². The Bertz CT molecular complexity index is 565. The van der Waals surface area contributed by atoms with E-state index in [1.807, 2.05) is 11.8 Å². The molecule has 0 N–H and O–H groups in total. The summed E-state index contributed by atoms with van der Waals surface area (Å²) < 4.78 is 2.07. The molecule has 2 aliphatic heterocycles. The molecule has 3 rings (SSSR count). The maximum Gasteiger partial charge on any atom is 0.239 e. The van der Waals surface area contributed by atoms with Crippen LogP contribution in [0.15, 0.2) is 0 Å². The third kappa shape index (κ3) is 3.43. The van der Waals surface area contributed by atoms with Gasteiger partial charge in [0, 0.05) is 48.9 Å². The van der Waals surface area contributed by atoms with Crippen LogP contribution in [0.2, 0.25) is 0 Å². The van der Waals surface area contributed by atoms with Crippen LogP contribution >= 0.6 is 11.8 Å². The zero-order chi connectivity index (χ0) is 16.4. The summed E-state index contributed by atoms with van der Waals surface area (Å²) in [5.41, 5.74) is 3.66. The summed E-state index contributed by atoms with van der Waals surface area (Å²) in [6, 6.07) is 0.0712. The van der Waals surface area contributed by atoms with E-state index in [4.69, 9.17) is 0 Å². The Morgan fingerprint density at radius 3 is 2.65 bits per heavy atom. The van der Waals surface area contributed by atoms with Crippen molar-refractivity contribution in [3.8, 4) is 0 Å². The van der Waals surface area contributed by atoms with E-state index >= 15 is 0 Å². The molecule has 2 aliphatic rings. The zero-order valence-electron chi connectivity index (χ0n) is 14.5. The molecule has 0 bridgehead atoms. The first-order valence-corrected chi connectivity index (χ1v) is 9.90. The first kappa shape index (κ1) is 16.8. The van der Waals surface area contributed by atoms with Crippen molar-refractivity contribution >= 4 is 17.7 Å². The maximum absolute atomic E-state index is 12.9. The minimum atomic E-state index is 0.0712. The molecule has 1 aromatic rings. The van der Waals surface area contributed by atoms with Crippen molar-refractivity contribution < 1.29 is 4.79 Å². The van der Waals surface area contributed by atoms with Gasteiger partial charge in [0.1, 0.15) is 0 Å². The van der Waals surface area contributed by atoms with Gasteiger partial charge in [-0.05, 0) is 40.2 Å². The van der Waals surface area contributed by atoms with E-state index in [1.165, 1.54) is 11.3 Å². The second kappa shape index (κ2) is 7.26. The van der Waals surface area contributed by atoms with Gasteiger partial charge in [-0.15, -0.1) is 0 Å². The van der Waals surface area contributed by atoms with Crippen LogP contribution in [0, 0.1) is 13.8 Å². The summed E-state index contributed by atoms with van der Waals surface area (Å²) in [5, 5.41) is 4.62. The number of thioether (sulfide) groups is 1. The smallest absolute Gasteiger partial charge is 0.239 e. The molecule has 0 radical (unpaired) electrons. The summed E-state index contributed by atoms with van der Waals surface area (Å²) in [7, 11) is 0. The molecule has 5 nitrogen and oxygen atoms in total. The van der Waals surface area contributed by atoms with E-state index in [9.17, 15) is 4.79 Å². The highest BCUT2D eigenvalue weighted by Gasteiger charge is 2.34. The number of hydrogen-bond acceptors (Lipinski definition) is 4. The number of rotatable bonds is 4. The fourth-order valence-electron chi connectivity index (χ4n) is 3.76. The summed E-state index contributed by atoms with van der Waals surface area (Å²) >= 11 is 1.95. The number of nitrogens with zero attached hydrogens (tertiary/aromatic N) is 4. The van der Waals surface area contributed by atoms with E-state index in [2.05, 4.69) is 40.4 Å². The third-order valence-corrected chi connectivity index (χ3v) is 6.11. The van der Waals surface area contributed by atoms with Crippen molar-refractivity contribution in [1.82, 2.24) is 19.6 Å². The van der Waals surface area contributed by atoms with Gasteiger partial charge in [0.2, 0.25) is 5.91 Å². The van der Waals surface area contributed by atoms with Crippen LogP contribution in [0.1, 0.15) is 36.7 Å². The van der Waals surface area contributed by atoms with Crippen molar-refractivity contribution in [3.63, 3.8) is 0 Å². The Balaban J connectivity index is 1.72. The normalized spacial score (nSPS) is 22.7. The Labute approximate surface area is 143 Å². The highest BCUT2D eigenvalue weighted by molar-refractivity contribution is 7.99. The summed E-state index contributed by atoms with van der Waals surface area (Å²) in [5.74, 6) is 2.51. The second-order valence-corrected chi connectivity index (χ2v) is 7.76. The van der Waals surface area contributed by atoms with Gasteiger partial charge in [0.15, 0.2) is 0 Å². The molecule has 6 heteroatoms. The summed E-state index contributed by atoms with van der Waals surface area (Å²) in [6.45, 7) is 11.0. The zero-order valence-corrected chi connectivity index (χ0v) is 15.4. The van der Waals surface area contributed by atoms with Crippen LogP contribution in [-0.2, 0) is 17.9 Å². The van der Waals surface area contributed by atoms with E-state index in [0.29, 0.717) is 5.91 Å². The van der Waals surface area contributed by atoms with Gasteiger partial charge in [-0.3, -0.25) is 14.4 Å². The topological polar surface area (TPSA) is 41.4 Å². The molecule has 128 valence electrons. The Hall–Kier alpha value is -1.01. The fraction of sp³-hybridized carbons (Fsp3) is 0.765. The standard InChI is InChI=1S/C17H28N4OS/c1-4-21-14(3)15(13(2)18-21)12-20-7-5-6-16(20)17(22)19-8-10-23-11-9-19/h16H,4-12H2,1-3H3. The number of aryl methyl sites for hydroxylation is 2. The first-order chi connectivity index (χ1) is 11.1. The molecule has 0 spiro atoms. The van der Waals surface area contributed by atoms with Crippen molar-refractivity contribution in [2.24, 2.45) is 0 Å². The SMILES string of the molecule is CCn1nc(C)c(CN2CCCC2C(=O)N2CCSCC2)c1C. The Morgan fingerprint density at radius 2 is 2.00 bits per heavy atom. The predicted molar refractivity (Wildman–Crippen MR) is 94.7 cm³/mol. The lowest BCUT2D eigenvalue weighted by atomic mass is 10.1. The van der Waals surface area contributed by atoms with Crippen LogP contribution in [0.4, 0.5) is 0 Å². The lowest BCUT2D eigenvalue weighted by Gasteiger charge is -2.32. The number of carbonyl (C=O) groups excluding carboxylic acids is 1. The predicted octanol–water partition coefficient (Wildman–Crippen LogP) is 2.06. The molecule has 1 unspecified atom stereocenters. The van der Waals surface area contributed by atoms with E-state index in [1.54, 1.807) is 0 Å². The highest BCUT2D eigenvalue weighted by atomic mass is 32.2. The largest absolute Gasteiger partial charge is 0.340 e. The van der Waals surface area contributed by atoms with Crippen molar-refractivity contribution in [1.29, 1.82) is 0 Å². The molecule has 1 amide bonds. The number of likely N-dealkylation sites (tertiary alicyclic amines) is 1. The number of amides is 1. The average Bonchev–Trinajstić information content (AvgIpc) is 3.14. The second-order valence-electron chi connectivity index (χ2n) is 6.53. The van der Waals surface area contributed by atoms with Gasteiger partial charge in [-0.2, -0.15) is 16.9 Å². The van der Waals surface area contributed by atoms with Crippen molar-refractivity contribution in [2.45, 2.75) is 52.7 Å². The quantitative estimate of drug-likeness (QED) is 0.844. The average molecular weight is 337 g/mol. The number of carbonyl (C=O) groups is 1. The molecule has 2 fully saturated rings. The van der Waals surface area contributed by atoms with Crippen molar-refractivity contribution in [3.05, 3.63) is 17.0 Å². The minimum Gasteiger partial charge on any atom is -0.340 e.